The smallest absolute Gasteiger partial charge is 0.0657 e. The van der Waals surface area contributed by atoms with Crippen LogP contribution in [0.1, 0.15) is 147 Å². The molecule has 0 saturated carbocycles. The monoisotopic (exact) mass is 1040 g/mol. The van der Waals surface area contributed by atoms with Crippen molar-refractivity contribution in [3.05, 3.63) is 218 Å². The van der Waals surface area contributed by atoms with Gasteiger partial charge in [0.1, 0.15) is 0 Å². The van der Waals surface area contributed by atoms with Gasteiger partial charge in [-0.25, -0.2) is 0 Å². The maximum absolute atomic E-state index is 4.40. The molecule has 74 heavy (non-hydrogen) atoms. The van der Waals surface area contributed by atoms with Crippen LogP contribution in [0.4, 0.5) is 51.2 Å². The van der Waals surface area contributed by atoms with Crippen molar-refractivity contribution in [2.24, 2.45) is 0 Å². The number of halogens is 1. The molecule has 1 aliphatic rings. The highest BCUT2D eigenvalue weighted by atomic mass is 79.9. The number of fused-ring (bicyclic) bond motifs is 3. The first-order chi connectivity index (χ1) is 34.6. The highest BCUT2D eigenvalue weighted by Gasteiger charge is 2.36. The van der Waals surface area contributed by atoms with Crippen LogP contribution in [0.2, 0.25) is 0 Å². The molecule has 8 aromatic rings. The predicted octanol–water partition coefficient (Wildman–Crippen LogP) is 21.3. The Morgan fingerprint density at radius 1 is 0.351 bits per heavy atom. The lowest BCUT2D eigenvalue weighted by Gasteiger charge is -2.34. The lowest BCUT2D eigenvalue weighted by atomic mass is 9.82. The molecule has 4 heteroatoms. The van der Waals surface area contributed by atoms with Crippen molar-refractivity contribution in [3.63, 3.8) is 0 Å². The van der Waals surface area contributed by atoms with Crippen molar-refractivity contribution >= 4 is 67.1 Å². The van der Waals surface area contributed by atoms with E-state index in [1.807, 2.05) is 0 Å². The van der Waals surface area contributed by atoms with Gasteiger partial charge in [-0.1, -0.05) is 182 Å². The summed E-state index contributed by atoms with van der Waals surface area (Å²) in [7, 11) is 0. The molecule has 8 aromatic carbocycles. The van der Waals surface area contributed by atoms with Gasteiger partial charge in [-0.3, -0.25) is 0 Å². The van der Waals surface area contributed by atoms with E-state index < -0.39 is 0 Å². The second kappa shape index (κ2) is 19.1. The molecule has 9 rings (SSSR count). The minimum absolute atomic E-state index is 0.0147. The molecule has 0 N–H and O–H groups in total. The van der Waals surface area contributed by atoms with Crippen LogP contribution in [0.5, 0.6) is 0 Å². The number of benzene rings is 8. The largest absolute Gasteiger partial charge is 0.310 e. The molecule has 0 atom stereocenters. The summed E-state index contributed by atoms with van der Waals surface area (Å²) >= 11 is 4.40. The van der Waals surface area contributed by atoms with Crippen molar-refractivity contribution in [1.82, 2.24) is 0 Å². The molecular weight excluding hydrogens is 963 g/mol. The first kappa shape index (κ1) is 52.5. The van der Waals surface area contributed by atoms with Crippen LogP contribution in [0.25, 0.3) is 11.1 Å². The van der Waals surface area contributed by atoms with E-state index in [4.69, 9.17) is 0 Å². The van der Waals surface area contributed by atoms with Crippen LogP contribution in [-0.4, -0.2) is 0 Å². The van der Waals surface area contributed by atoms with Crippen LogP contribution >= 0.6 is 15.9 Å². The molecule has 0 amide bonds. The minimum atomic E-state index is -0.191. The normalized spacial score (nSPS) is 13.4. The topological polar surface area (TPSA) is 9.72 Å². The van der Waals surface area contributed by atoms with E-state index in [1.165, 1.54) is 61.3 Å². The number of rotatable bonds is 9. The van der Waals surface area contributed by atoms with E-state index in [-0.39, 0.29) is 27.1 Å². The maximum atomic E-state index is 4.40. The molecule has 0 fully saturated rings. The Kier molecular flexibility index (Phi) is 13.5. The van der Waals surface area contributed by atoms with Gasteiger partial charge >= 0.3 is 0 Å². The van der Waals surface area contributed by atoms with Crippen LogP contribution in [0.15, 0.2) is 168 Å². The van der Waals surface area contributed by atoms with Crippen molar-refractivity contribution in [2.75, 3.05) is 14.7 Å². The van der Waals surface area contributed by atoms with Crippen LogP contribution in [0, 0.1) is 20.8 Å². The Hall–Kier alpha value is -6.36. The molecule has 0 aliphatic heterocycles. The zero-order valence-corrected chi connectivity index (χ0v) is 48.9. The number of hydrogen-bond acceptors (Lipinski definition) is 3. The molecule has 380 valence electrons. The van der Waals surface area contributed by atoms with E-state index in [1.54, 1.807) is 0 Å². The van der Waals surface area contributed by atoms with Gasteiger partial charge in [0.2, 0.25) is 0 Å². The van der Waals surface area contributed by atoms with E-state index in [0.29, 0.717) is 0 Å². The van der Waals surface area contributed by atoms with E-state index >= 15 is 0 Å². The zero-order valence-electron chi connectivity index (χ0n) is 47.3. The van der Waals surface area contributed by atoms with Crippen molar-refractivity contribution in [1.29, 1.82) is 0 Å². The Labute approximate surface area is 453 Å². The third-order valence-electron chi connectivity index (χ3n) is 15.4. The summed E-state index contributed by atoms with van der Waals surface area (Å²) in [5, 5.41) is 0. The first-order valence-electron chi connectivity index (χ1n) is 26.6. The zero-order chi connectivity index (χ0) is 53.4. The predicted molar refractivity (Wildman–Crippen MR) is 325 cm³/mol. The molecule has 3 nitrogen and oxygen atoms in total. The molecule has 0 unspecified atom stereocenters. The van der Waals surface area contributed by atoms with Crippen molar-refractivity contribution in [3.8, 4) is 11.1 Å². The second-order valence-corrected chi connectivity index (χ2v) is 26.4. The standard InChI is InChI=1S/C70H78BrN3/c1-45-39-62(72(52-31-25-48(26-32-52)66(4,5)6)53-33-27-49(28-34-53)67(7,8)9)64(71)63(40-45)73(57-37-38-59-58-23-18-19-24-60(58)70(16,17)61(59)44-57)55-21-20-22-56(43-55)74(54-35-29-50(30-36-54)68(10,11)12)65-46(2)41-51(42-47(65)3)69(13,14)15/h18-44H,1-17H3. The Morgan fingerprint density at radius 3 is 1.19 bits per heavy atom. The van der Waals surface area contributed by atoms with Gasteiger partial charge in [-0.2, -0.15) is 0 Å². The molecule has 0 aromatic heterocycles. The van der Waals surface area contributed by atoms with Gasteiger partial charge in [-0.15, -0.1) is 0 Å². The van der Waals surface area contributed by atoms with E-state index in [2.05, 4.69) is 312 Å². The fraction of sp³-hybridized carbons (Fsp3) is 0.314. The summed E-state index contributed by atoms with van der Waals surface area (Å²) in [6.07, 6.45) is 0. The lowest BCUT2D eigenvalue weighted by molar-refractivity contribution is 0.589. The van der Waals surface area contributed by atoms with Crippen LogP contribution in [-0.2, 0) is 27.1 Å². The molecule has 1 aliphatic carbocycles. The number of hydrogen-bond donors (Lipinski definition) is 0. The van der Waals surface area contributed by atoms with E-state index in [0.717, 1.165) is 55.5 Å². The molecular formula is C70H78BrN3. The number of aryl methyl sites for hydroxylation is 3. The Bertz CT molecular complexity index is 3290. The molecule has 0 saturated heterocycles. The van der Waals surface area contributed by atoms with Gasteiger partial charge in [0.15, 0.2) is 0 Å². The lowest BCUT2D eigenvalue weighted by Crippen LogP contribution is -2.19. The summed E-state index contributed by atoms with van der Waals surface area (Å²) in [6.45, 7) is 39.0. The summed E-state index contributed by atoms with van der Waals surface area (Å²) in [5.74, 6) is 0. The number of nitrogens with zero attached hydrogens (tertiary/aromatic N) is 3. The quantitative estimate of drug-likeness (QED) is 0.143. The molecule has 0 radical (unpaired) electrons. The number of anilines is 9. The van der Waals surface area contributed by atoms with Crippen molar-refractivity contribution < 1.29 is 0 Å². The average molecular weight is 1040 g/mol. The van der Waals surface area contributed by atoms with Crippen LogP contribution < -0.4 is 14.7 Å². The summed E-state index contributed by atoms with van der Waals surface area (Å²) < 4.78 is 0.996. The molecule has 0 heterocycles. The van der Waals surface area contributed by atoms with Gasteiger partial charge in [-0.05, 0) is 198 Å². The maximum Gasteiger partial charge on any atom is 0.0657 e. The Morgan fingerprint density at radius 2 is 0.730 bits per heavy atom. The molecule has 0 spiro atoms. The summed E-state index contributed by atoms with van der Waals surface area (Å²) in [4.78, 5) is 7.39. The fourth-order valence-corrected chi connectivity index (χ4v) is 11.6. The van der Waals surface area contributed by atoms with Gasteiger partial charge < -0.3 is 14.7 Å². The van der Waals surface area contributed by atoms with Gasteiger partial charge in [0, 0.05) is 39.5 Å². The van der Waals surface area contributed by atoms with Crippen molar-refractivity contribution in [2.45, 2.75) is 145 Å². The first-order valence-corrected chi connectivity index (χ1v) is 27.4. The minimum Gasteiger partial charge on any atom is -0.310 e. The fourth-order valence-electron chi connectivity index (χ4n) is 11.0. The van der Waals surface area contributed by atoms with Gasteiger partial charge in [0.05, 0.1) is 21.5 Å². The average Bonchev–Trinajstić information content (AvgIpc) is 3.56. The van der Waals surface area contributed by atoms with Gasteiger partial charge in [0.25, 0.3) is 0 Å². The third-order valence-corrected chi connectivity index (χ3v) is 16.2. The highest BCUT2D eigenvalue weighted by molar-refractivity contribution is 9.10. The second-order valence-electron chi connectivity index (χ2n) is 25.6. The summed E-state index contributed by atoms with van der Waals surface area (Å²) in [5.41, 5.74) is 24.0. The Balaban J connectivity index is 1.30. The SMILES string of the molecule is Cc1cc(N(c2ccc(C(C)(C)C)cc2)c2ccc(C(C)(C)C)cc2)c(Br)c(N(c2cccc(N(c3ccc(C(C)(C)C)cc3)c3c(C)cc(C(C)(C)C)cc3C)c2)c2ccc3c(c2)C(C)(C)c2ccccc2-3)c1. The molecule has 0 bridgehead atoms. The van der Waals surface area contributed by atoms with E-state index in [9.17, 15) is 0 Å². The highest BCUT2D eigenvalue weighted by Crippen LogP contribution is 2.53. The van der Waals surface area contributed by atoms with Crippen LogP contribution in [0.3, 0.4) is 0 Å². The summed E-state index contributed by atoms with van der Waals surface area (Å²) in [6, 6.07) is 62.3. The third kappa shape index (κ3) is 10.00.